The van der Waals surface area contributed by atoms with E-state index in [-0.39, 0.29) is 6.61 Å². The van der Waals surface area contributed by atoms with E-state index in [2.05, 4.69) is 10.3 Å². The quantitative estimate of drug-likeness (QED) is 0.767. The maximum Gasteiger partial charge on any atom is 0.127 e. The highest BCUT2D eigenvalue weighted by molar-refractivity contribution is 5.80. The smallest absolute Gasteiger partial charge is 0.127 e. The summed E-state index contributed by atoms with van der Waals surface area (Å²) in [6.07, 6.45) is 0. The maximum atomic E-state index is 9.82. The summed E-state index contributed by atoms with van der Waals surface area (Å²) < 4.78 is 0. The molecule has 0 aliphatic rings. The molecule has 0 bridgehead atoms. The number of pyridine rings is 1. The molecule has 21 heavy (non-hydrogen) atoms. The van der Waals surface area contributed by atoms with Crippen molar-refractivity contribution >= 4 is 16.7 Å². The van der Waals surface area contributed by atoms with Gasteiger partial charge in [0.05, 0.1) is 17.7 Å². The third-order valence-electron chi connectivity index (χ3n) is 3.73. The summed E-state index contributed by atoms with van der Waals surface area (Å²) in [6, 6.07) is 21.9. The van der Waals surface area contributed by atoms with E-state index < -0.39 is 5.54 Å². The van der Waals surface area contributed by atoms with E-state index in [0.717, 1.165) is 22.3 Å². The van der Waals surface area contributed by atoms with E-state index in [1.807, 2.05) is 73.7 Å². The fraction of sp³-hybridized carbons (Fsp3) is 0.167. The van der Waals surface area contributed by atoms with Crippen molar-refractivity contribution in [2.45, 2.75) is 12.5 Å². The van der Waals surface area contributed by atoms with Crippen LogP contribution in [0.2, 0.25) is 0 Å². The monoisotopic (exact) mass is 278 g/mol. The second kappa shape index (κ2) is 5.54. The lowest BCUT2D eigenvalue weighted by Crippen LogP contribution is -2.36. The minimum atomic E-state index is -0.559. The van der Waals surface area contributed by atoms with Gasteiger partial charge in [0.15, 0.2) is 0 Å². The van der Waals surface area contributed by atoms with E-state index in [0.29, 0.717) is 0 Å². The first kappa shape index (κ1) is 13.6. The lowest BCUT2D eigenvalue weighted by molar-refractivity contribution is 0.223. The molecule has 0 saturated heterocycles. The Labute approximate surface area is 124 Å². The van der Waals surface area contributed by atoms with Gasteiger partial charge in [0, 0.05) is 5.39 Å². The predicted octanol–water partition coefficient (Wildman–Crippen LogP) is 3.55. The number of hydrogen-bond donors (Lipinski definition) is 2. The molecule has 106 valence electrons. The standard InChI is InChI=1S/C18H18N2O/c1-18(13-21,15-8-3-2-4-9-15)20-17-12-11-14-7-5-6-10-16(14)19-17/h2-12,21H,13H2,1H3,(H,19,20). The van der Waals surface area contributed by atoms with E-state index in [4.69, 9.17) is 0 Å². The summed E-state index contributed by atoms with van der Waals surface area (Å²) in [4.78, 5) is 4.61. The molecular weight excluding hydrogens is 260 g/mol. The molecule has 0 spiro atoms. The highest BCUT2D eigenvalue weighted by Gasteiger charge is 2.25. The summed E-state index contributed by atoms with van der Waals surface area (Å²) in [7, 11) is 0. The predicted molar refractivity (Wildman–Crippen MR) is 86.2 cm³/mol. The zero-order valence-electron chi connectivity index (χ0n) is 12.0. The highest BCUT2D eigenvalue weighted by atomic mass is 16.3. The van der Waals surface area contributed by atoms with Crippen LogP contribution < -0.4 is 5.32 Å². The van der Waals surface area contributed by atoms with E-state index in [9.17, 15) is 5.11 Å². The van der Waals surface area contributed by atoms with Gasteiger partial charge in [-0.2, -0.15) is 0 Å². The Bertz CT molecular complexity index is 742. The van der Waals surface area contributed by atoms with Crippen molar-refractivity contribution in [2.75, 3.05) is 11.9 Å². The van der Waals surface area contributed by atoms with Gasteiger partial charge in [0.2, 0.25) is 0 Å². The summed E-state index contributed by atoms with van der Waals surface area (Å²) in [5.74, 6) is 0.758. The van der Waals surface area contributed by atoms with Gasteiger partial charge in [-0.3, -0.25) is 0 Å². The molecule has 3 nitrogen and oxygen atoms in total. The van der Waals surface area contributed by atoms with Crippen LogP contribution in [0.3, 0.4) is 0 Å². The van der Waals surface area contributed by atoms with Crippen LogP contribution in [0, 0.1) is 0 Å². The molecule has 2 aromatic carbocycles. The fourth-order valence-corrected chi connectivity index (χ4v) is 2.43. The summed E-state index contributed by atoms with van der Waals surface area (Å²) >= 11 is 0. The number of nitrogens with zero attached hydrogens (tertiary/aromatic N) is 1. The van der Waals surface area contributed by atoms with E-state index in [1.165, 1.54) is 0 Å². The summed E-state index contributed by atoms with van der Waals surface area (Å²) in [5, 5.41) is 14.3. The lowest BCUT2D eigenvalue weighted by Gasteiger charge is -2.30. The molecule has 3 aromatic rings. The third-order valence-corrected chi connectivity index (χ3v) is 3.73. The van der Waals surface area contributed by atoms with Crippen molar-refractivity contribution in [1.29, 1.82) is 0 Å². The van der Waals surface area contributed by atoms with Gasteiger partial charge in [-0.05, 0) is 30.7 Å². The van der Waals surface area contributed by atoms with Gasteiger partial charge in [-0.25, -0.2) is 4.98 Å². The number of aromatic nitrogens is 1. The molecule has 3 heteroatoms. The minimum Gasteiger partial charge on any atom is -0.394 e. The second-order valence-corrected chi connectivity index (χ2v) is 5.37. The zero-order chi connectivity index (χ0) is 14.7. The lowest BCUT2D eigenvalue weighted by atomic mass is 9.93. The summed E-state index contributed by atoms with van der Waals surface area (Å²) in [6.45, 7) is 1.96. The Morgan fingerprint density at radius 2 is 1.67 bits per heavy atom. The first-order valence-corrected chi connectivity index (χ1v) is 7.02. The molecular formula is C18H18N2O. The molecule has 0 aliphatic carbocycles. The number of hydrogen-bond acceptors (Lipinski definition) is 3. The number of benzene rings is 2. The number of nitrogens with one attached hydrogen (secondary N) is 1. The van der Waals surface area contributed by atoms with Crippen LogP contribution in [0.15, 0.2) is 66.7 Å². The van der Waals surface area contributed by atoms with Crippen molar-refractivity contribution in [3.63, 3.8) is 0 Å². The Hall–Kier alpha value is -2.39. The maximum absolute atomic E-state index is 9.82. The van der Waals surface area contributed by atoms with Crippen molar-refractivity contribution < 1.29 is 5.11 Å². The van der Waals surface area contributed by atoms with Gasteiger partial charge in [0.1, 0.15) is 5.82 Å². The first-order valence-electron chi connectivity index (χ1n) is 7.02. The Morgan fingerprint density at radius 1 is 0.952 bits per heavy atom. The largest absolute Gasteiger partial charge is 0.394 e. The third kappa shape index (κ3) is 2.73. The Balaban J connectivity index is 1.95. The van der Waals surface area contributed by atoms with Gasteiger partial charge in [-0.1, -0.05) is 48.5 Å². The minimum absolute atomic E-state index is 0.00841. The van der Waals surface area contributed by atoms with Gasteiger partial charge >= 0.3 is 0 Å². The molecule has 1 unspecified atom stereocenters. The van der Waals surface area contributed by atoms with Crippen molar-refractivity contribution in [2.24, 2.45) is 0 Å². The molecule has 1 heterocycles. The first-order chi connectivity index (χ1) is 10.2. The number of aliphatic hydroxyl groups excluding tert-OH is 1. The zero-order valence-corrected chi connectivity index (χ0v) is 12.0. The van der Waals surface area contributed by atoms with E-state index >= 15 is 0 Å². The van der Waals surface area contributed by atoms with Crippen molar-refractivity contribution in [3.05, 3.63) is 72.3 Å². The van der Waals surface area contributed by atoms with Crippen LogP contribution >= 0.6 is 0 Å². The van der Waals surface area contributed by atoms with Crippen LogP contribution in [0.25, 0.3) is 10.9 Å². The topological polar surface area (TPSA) is 45.1 Å². The van der Waals surface area contributed by atoms with Crippen molar-refractivity contribution in [3.8, 4) is 0 Å². The van der Waals surface area contributed by atoms with Crippen LogP contribution in [-0.4, -0.2) is 16.7 Å². The molecule has 0 radical (unpaired) electrons. The molecule has 1 atom stereocenters. The number of aliphatic hydroxyl groups is 1. The van der Waals surface area contributed by atoms with Crippen LogP contribution in [0.1, 0.15) is 12.5 Å². The fourth-order valence-electron chi connectivity index (χ4n) is 2.43. The van der Waals surface area contributed by atoms with Gasteiger partial charge in [0.25, 0.3) is 0 Å². The van der Waals surface area contributed by atoms with E-state index in [1.54, 1.807) is 0 Å². The number of para-hydroxylation sites is 1. The number of rotatable bonds is 4. The molecule has 0 aliphatic heterocycles. The number of fused-ring (bicyclic) bond motifs is 1. The highest BCUT2D eigenvalue weighted by Crippen LogP contribution is 2.25. The molecule has 1 aromatic heterocycles. The number of anilines is 1. The van der Waals surface area contributed by atoms with Crippen LogP contribution in [0.5, 0.6) is 0 Å². The SMILES string of the molecule is CC(CO)(Nc1ccc2ccccc2n1)c1ccccc1. The van der Waals surface area contributed by atoms with Crippen LogP contribution in [-0.2, 0) is 5.54 Å². The second-order valence-electron chi connectivity index (χ2n) is 5.37. The van der Waals surface area contributed by atoms with Gasteiger partial charge in [-0.15, -0.1) is 0 Å². The molecule has 0 amide bonds. The molecule has 0 saturated carbocycles. The van der Waals surface area contributed by atoms with Gasteiger partial charge < -0.3 is 10.4 Å². The Kier molecular flexibility index (Phi) is 3.59. The summed E-state index contributed by atoms with van der Waals surface area (Å²) in [5.41, 5.74) is 1.41. The average Bonchev–Trinajstić information content (AvgIpc) is 2.55. The molecule has 0 fully saturated rings. The Morgan fingerprint density at radius 3 is 2.43 bits per heavy atom. The molecule has 2 N–H and O–H groups in total. The van der Waals surface area contributed by atoms with Crippen LogP contribution in [0.4, 0.5) is 5.82 Å². The van der Waals surface area contributed by atoms with Crippen molar-refractivity contribution in [1.82, 2.24) is 4.98 Å². The average molecular weight is 278 g/mol. The normalized spacial score (nSPS) is 13.8. The molecule has 3 rings (SSSR count).